The van der Waals surface area contributed by atoms with Gasteiger partial charge in [0, 0.05) is 30.4 Å². The lowest BCUT2D eigenvalue weighted by atomic mass is 9.61. The zero-order chi connectivity index (χ0) is 22.6. The van der Waals surface area contributed by atoms with Crippen molar-refractivity contribution in [2.45, 2.75) is 78.3 Å². The quantitative estimate of drug-likeness (QED) is 0.691. The number of fused-ring (bicyclic) bond motifs is 5. The molecule has 2 heterocycles. The number of pyridine rings is 1. The highest BCUT2D eigenvalue weighted by atomic mass is 16.2. The zero-order valence-electron chi connectivity index (χ0n) is 18.8. The molecule has 1 saturated carbocycles. The van der Waals surface area contributed by atoms with Gasteiger partial charge in [-0.15, -0.1) is 0 Å². The topological polar surface area (TPSA) is 91.0 Å². The standard InChI is InChI=1S/C25H29N3O4/c1-3-5-11-27-23-20(24(31)28(25(27)32)12-6-4-2)19-16(13-26-23)21(29)17-14-7-9-15(10-8-14)18(17)22(19)30/h13-15H,3-12H2,1-2H3. The van der Waals surface area contributed by atoms with E-state index >= 15 is 0 Å². The number of aryl methyl sites for hydroxylation is 1. The van der Waals surface area contributed by atoms with Crippen molar-refractivity contribution in [3.63, 3.8) is 0 Å². The van der Waals surface area contributed by atoms with Crippen LogP contribution < -0.4 is 11.2 Å². The maximum absolute atomic E-state index is 13.8. The number of carbonyl (C=O) groups is 2. The second kappa shape index (κ2) is 7.94. The molecule has 0 atom stereocenters. The maximum Gasteiger partial charge on any atom is 0.332 e. The Morgan fingerprint density at radius 3 is 2.00 bits per heavy atom. The fraction of sp³-hybridized carbons (Fsp3) is 0.560. The molecule has 2 aromatic rings. The number of ketones is 2. The molecule has 0 aliphatic heterocycles. The van der Waals surface area contributed by atoms with Gasteiger partial charge >= 0.3 is 5.69 Å². The van der Waals surface area contributed by atoms with Crippen LogP contribution in [0.3, 0.4) is 0 Å². The first-order valence-corrected chi connectivity index (χ1v) is 12.0. The van der Waals surface area contributed by atoms with Crippen LogP contribution in [0.25, 0.3) is 11.0 Å². The third kappa shape index (κ3) is 2.90. The van der Waals surface area contributed by atoms with E-state index in [0.29, 0.717) is 30.7 Å². The van der Waals surface area contributed by atoms with Gasteiger partial charge in [-0.1, -0.05) is 26.7 Å². The van der Waals surface area contributed by atoms with Crippen LogP contribution in [0.15, 0.2) is 26.9 Å². The fourth-order valence-electron chi connectivity index (χ4n) is 5.81. The average molecular weight is 436 g/mol. The number of allylic oxidation sites excluding steroid dienone is 2. The van der Waals surface area contributed by atoms with Crippen LogP contribution in [0.1, 0.15) is 85.9 Å². The minimum absolute atomic E-state index is 0.0936. The van der Waals surface area contributed by atoms with Gasteiger partial charge in [0.1, 0.15) is 5.65 Å². The third-order valence-electron chi connectivity index (χ3n) is 7.50. The number of aromatic nitrogens is 3. The van der Waals surface area contributed by atoms with Crippen LogP contribution in [-0.4, -0.2) is 25.7 Å². The molecule has 7 nitrogen and oxygen atoms in total. The Morgan fingerprint density at radius 2 is 1.41 bits per heavy atom. The van der Waals surface area contributed by atoms with E-state index in [1.54, 1.807) is 0 Å². The number of rotatable bonds is 6. The Hall–Kier alpha value is -2.83. The van der Waals surface area contributed by atoms with E-state index in [-0.39, 0.29) is 51.3 Å². The van der Waals surface area contributed by atoms with E-state index in [2.05, 4.69) is 4.98 Å². The molecule has 32 heavy (non-hydrogen) atoms. The van der Waals surface area contributed by atoms with Gasteiger partial charge in [-0.3, -0.25) is 23.5 Å². The Labute approximate surface area is 186 Å². The van der Waals surface area contributed by atoms with E-state index in [1.165, 1.54) is 15.3 Å². The van der Waals surface area contributed by atoms with Gasteiger partial charge in [-0.25, -0.2) is 9.78 Å². The summed E-state index contributed by atoms with van der Waals surface area (Å²) in [5, 5.41) is 0.139. The van der Waals surface area contributed by atoms with Crippen molar-refractivity contribution in [3.8, 4) is 0 Å². The first kappa shape index (κ1) is 21.0. The predicted molar refractivity (Wildman–Crippen MR) is 121 cm³/mol. The Kier molecular flexibility index (Phi) is 5.22. The largest absolute Gasteiger partial charge is 0.332 e. The summed E-state index contributed by atoms with van der Waals surface area (Å²) in [5.41, 5.74) is 1.04. The lowest BCUT2D eigenvalue weighted by Gasteiger charge is -2.41. The van der Waals surface area contributed by atoms with Gasteiger partial charge in [-0.05, 0) is 50.4 Å². The number of unbranched alkanes of at least 4 members (excludes halogenated alkanes) is 2. The van der Waals surface area contributed by atoms with Crippen LogP contribution in [-0.2, 0) is 13.1 Å². The van der Waals surface area contributed by atoms with E-state index in [0.717, 1.165) is 44.9 Å². The molecule has 1 fully saturated rings. The molecule has 4 aliphatic rings. The van der Waals surface area contributed by atoms with Gasteiger partial charge in [0.05, 0.1) is 16.5 Å². The molecule has 168 valence electrons. The Morgan fingerprint density at radius 1 is 0.844 bits per heavy atom. The van der Waals surface area contributed by atoms with Crippen LogP contribution >= 0.6 is 0 Å². The first-order valence-electron chi connectivity index (χ1n) is 12.0. The van der Waals surface area contributed by atoms with E-state index in [4.69, 9.17) is 0 Å². The zero-order valence-corrected chi connectivity index (χ0v) is 18.8. The Bertz CT molecular complexity index is 1290. The second-order valence-corrected chi connectivity index (χ2v) is 9.38. The van der Waals surface area contributed by atoms with Gasteiger partial charge in [-0.2, -0.15) is 0 Å². The normalized spacial score (nSPS) is 21.9. The molecule has 7 heteroatoms. The van der Waals surface area contributed by atoms with Crippen molar-refractivity contribution in [1.82, 2.24) is 14.1 Å². The summed E-state index contributed by atoms with van der Waals surface area (Å²) in [6.07, 6.45) is 8.30. The van der Waals surface area contributed by atoms with Crippen molar-refractivity contribution in [2.75, 3.05) is 0 Å². The van der Waals surface area contributed by atoms with Gasteiger partial charge < -0.3 is 0 Å². The minimum atomic E-state index is -0.498. The molecule has 0 spiro atoms. The number of carbonyl (C=O) groups excluding carboxylic acids is 2. The molecule has 0 N–H and O–H groups in total. The molecule has 4 aliphatic carbocycles. The lowest BCUT2D eigenvalue weighted by Crippen LogP contribution is -2.43. The van der Waals surface area contributed by atoms with Gasteiger partial charge in [0.25, 0.3) is 5.56 Å². The van der Waals surface area contributed by atoms with Crippen LogP contribution in [0.5, 0.6) is 0 Å². The summed E-state index contributed by atoms with van der Waals surface area (Å²) >= 11 is 0. The van der Waals surface area contributed by atoms with Crippen molar-refractivity contribution in [1.29, 1.82) is 0 Å². The van der Waals surface area contributed by atoms with Gasteiger partial charge in [0.2, 0.25) is 0 Å². The highest BCUT2D eigenvalue weighted by Crippen LogP contribution is 2.49. The summed E-state index contributed by atoms with van der Waals surface area (Å²) in [6, 6.07) is 0. The van der Waals surface area contributed by atoms with E-state index in [1.807, 2.05) is 13.8 Å². The summed E-state index contributed by atoms with van der Waals surface area (Å²) in [6.45, 7) is 4.74. The summed E-state index contributed by atoms with van der Waals surface area (Å²) < 4.78 is 2.75. The van der Waals surface area contributed by atoms with E-state index in [9.17, 15) is 19.2 Å². The predicted octanol–water partition coefficient (Wildman–Crippen LogP) is 3.65. The molecule has 6 rings (SSSR count). The van der Waals surface area contributed by atoms with Crippen molar-refractivity contribution in [2.24, 2.45) is 11.8 Å². The van der Waals surface area contributed by atoms with Crippen LogP contribution in [0.2, 0.25) is 0 Å². The number of Topliss-reactive ketones (excluding diaryl/α,β-unsaturated/α-hetero) is 2. The highest BCUT2D eigenvalue weighted by Gasteiger charge is 2.46. The number of hydrogen-bond acceptors (Lipinski definition) is 5. The molecular formula is C25H29N3O4. The smallest absolute Gasteiger partial charge is 0.289 e. The molecule has 0 unspecified atom stereocenters. The van der Waals surface area contributed by atoms with Crippen molar-refractivity contribution < 1.29 is 9.59 Å². The SMILES string of the molecule is CCCCn1c(=O)c2c3c(cnc2n(CCCC)c1=O)C(=O)C1=C(C3=O)C2CCC1CC2. The first-order chi connectivity index (χ1) is 15.5. The fourth-order valence-corrected chi connectivity index (χ4v) is 5.81. The summed E-state index contributed by atoms with van der Waals surface area (Å²) in [7, 11) is 0. The number of hydrogen-bond donors (Lipinski definition) is 0. The van der Waals surface area contributed by atoms with Crippen LogP contribution in [0.4, 0.5) is 0 Å². The number of nitrogens with zero attached hydrogens (tertiary/aromatic N) is 3. The minimum Gasteiger partial charge on any atom is -0.289 e. The molecule has 0 amide bonds. The van der Waals surface area contributed by atoms with Crippen LogP contribution in [0, 0.1) is 11.8 Å². The highest BCUT2D eigenvalue weighted by molar-refractivity contribution is 6.30. The molecule has 2 aromatic heterocycles. The second-order valence-electron chi connectivity index (χ2n) is 9.38. The summed E-state index contributed by atoms with van der Waals surface area (Å²) in [5.74, 6) is -0.119. The molecule has 0 radical (unpaired) electrons. The van der Waals surface area contributed by atoms with Gasteiger partial charge in [0.15, 0.2) is 11.6 Å². The molecule has 2 bridgehead atoms. The molecule has 0 saturated heterocycles. The lowest BCUT2D eigenvalue weighted by molar-refractivity contribution is 0.0922. The third-order valence-corrected chi connectivity index (χ3v) is 7.50. The average Bonchev–Trinajstić information content (AvgIpc) is 2.82. The molecule has 0 aromatic carbocycles. The van der Waals surface area contributed by atoms with Crippen molar-refractivity contribution >= 4 is 22.6 Å². The Balaban J connectivity index is 1.82. The maximum atomic E-state index is 13.8. The summed E-state index contributed by atoms with van der Waals surface area (Å²) in [4.78, 5) is 58.5. The molecular weight excluding hydrogens is 406 g/mol. The van der Waals surface area contributed by atoms with Crippen molar-refractivity contribution in [3.05, 3.63) is 49.3 Å². The van der Waals surface area contributed by atoms with E-state index < -0.39 is 5.56 Å². The monoisotopic (exact) mass is 435 g/mol.